The van der Waals surface area contributed by atoms with E-state index in [-0.39, 0.29) is 5.56 Å². The highest BCUT2D eigenvalue weighted by Crippen LogP contribution is 2.11. The van der Waals surface area contributed by atoms with Crippen molar-refractivity contribution in [3.05, 3.63) is 52.6 Å². The van der Waals surface area contributed by atoms with Crippen LogP contribution < -0.4 is 15.6 Å². The Morgan fingerprint density at radius 3 is 2.72 bits per heavy atom. The van der Waals surface area contributed by atoms with Crippen LogP contribution in [0.4, 0.5) is 5.82 Å². The maximum absolute atomic E-state index is 11.7. The molecule has 2 rings (SSSR count). The van der Waals surface area contributed by atoms with Crippen molar-refractivity contribution in [3.63, 3.8) is 0 Å². The summed E-state index contributed by atoms with van der Waals surface area (Å²) in [6, 6.07) is 7.65. The Kier molecular flexibility index (Phi) is 3.62. The molecule has 0 radical (unpaired) electrons. The van der Waals surface area contributed by atoms with Gasteiger partial charge in [0.25, 0.3) is 5.56 Å². The number of nitrogens with zero attached hydrogens (tertiary/aromatic N) is 2. The number of aryl methyl sites for hydroxylation is 1. The van der Waals surface area contributed by atoms with Gasteiger partial charge in [0.15, 0.2) is 5.82 Å². The highest BCUT2D eigenvalue weighted by Gasteiger charge is 2.01. The first-order valence-electron chi connectivity index (χ1n) is 5.59. The summed E-state index contributed by atoms with van der Waals surface area (Å²) in [6.07, 6.45) is 3.22. The number of rotatable bonds is 4. The van der Waals surface area contributed by atoms with Crippen molar-refractivity contribution in [1.82, 2.24) is 9.55 Å². The average Bonchev–Trinajstić information content (AvgIpc) is 2.41. The van der Waals surface area contributed by atoms with Crippen LogP contribution in [0.3, 0.4) is 0 Å². The van der Waals surface area contributed by atoms with Gasteiger partial charge in [-0.05, 0) is 17.7 Å². The molecule has 0 fully saturated rings. The molecule has 5 heteroatoms. The Morgan fingerprint density at radius 1 is 1.33 bits per heavy atom. The summed E-state index contributed by atoms with van der Waals surface area (Å²) in [6.45, 7) is 0.552. The summed E-state index contributed by atoms with van der Waals surface area (Å²) >= 11 is 0. The fraction of sp³-hybridized carbons (Fsp3) is 0.231. The largest absolute Gasteiger partial charge is 0.497 e. The Bertz CT molecular complexity index is 576. The number of hydrogen-bond donors (Lipinski definition) is 1. The van der Waals surface area contributed by atoms with Crippen LogP contribution in [0.1, 0.15) is 5.56 Å². The molecule has 0 aliphatic rings. The predicted molar refractivity (Wildman–Crippen MR) is 69.8 cm³/mol. The Balaban J connectivity index is 2.07. The molecule has 1 N–H and O–H groups in total. The summed E-state index contributed by atoms with van der Waals surface area (Å²) in [5.41, 5.74) is 0.925. The van der Waals surface area contributed by atoms with E-state index in [1.54, 1.807) is 26.6 Å². The maximum Gasteiger partial charge on any atom is 0.293 e. The minimum absolute atomic E-state index is 0.133. The van der Waals surface area contributed by atoms with E-state index in [1.807, 2.05) is 24.3 Å². The highest BCUT2D eigenvalue weighted by atomic mass is 16.5. The van der Waals surface area contributed by atoms with Crippen molar-refractivity contribution in [2.24, 2.45) is 7.05 Å². The Morgan fingerprint density at radius 2 is 2.06 bits per heavy atom. The fourth-order valence-electron chi connectivity index (χ4n) is 1.55. The molecule has 0 aliphatic heterocycles. The Labute approximate surface area is 105 Å². The summed E-state index contributed by atoms with van der Waals surface area (Å²) in [7, 11) is 3.33. The molecule has 0 bridgehead atoms. The van der Waals surface area contributed by atoms with E-state index < -0.39 is 0 Å². The van der Waals surface area contributed by atoms with E-state index in [0.29, 0.717) is 12.4 Å². The van der Waals surface area contributed by atoms with Crippen molar-refractivity contribution in [1.29, 1.82) is 0 Å². The molecular formula is C13H15N3O2. The van der Waals surface area contributed by atoms with Crippen LogP contribution in [-0.2, 0) is 13.6 Å². The van der Waals surface area contributed by atoms with Crippen molar-refractivity contribution < 1.29 is 4.74 Å². The van der Waals surface area contributed by atoms with Gasteiger partial charge in [0.05, 0.1) is 7.11 Å². The monoisotopic (exact) mass is 245 g/mol. The molecule has 1 heterocycles. The van der Waals surface area contributed by atoms with Gasteiger partial charge in [-0.25, -0.2) is 4.98 Å². The second-order valence-corrected chi connectivity index (χ2v) is 3.89. The van der Waals surface area contributed by atoms with Crippen molar-refractivity contribution >= 4 is 5.82 Å². The summed E-state index contributed by atoms with van der Waals surface area (Å²) in [5.74, 6) is 1.17. The van der Waals surface area contributed by atoms with Gasteiger partial charge in [0, 0.05) is 26.0 Å². The van der Waals surface area contributed by atoms with E-state index in [2.05, 4.69) is 10.3 Å². The first-order valence-corrected chi connectivity index (χ1v) is 5.59. The molecule has 5 nitrogen and oxygen atoms in total. The number of ether oxygens (including phenoxy) is 1. The summed E-state index contributed by atoms with van der Waals surface area (Å²) in [4.78, 5) is 15.7. The third-order valence-electron chi connectivity index (χ3n) is 2.64. The standard InChI is InChI=1S/C13H15N3O2/c1-16-8-7-14-12(13(16)17)15-9-10-3-5-11(18-2)6-4-10/h3-8H,9H2,1-2H3,(H,14,15). The zero-order chi connectivity index (χ0) is 13.0. The maximum atomic E-state index is 11.7. The molecule has 1 aromatic heterocycles. The van der Waals surface area contributed by atoms with Gasteiger partial charge >= 0.3 is 0 Å². The molecule has 0 aliphatic carbocycles. The van der Waals surface area contributed by atoms with Crippen LogP contribution in [0.25, 0.3) is 0 Å². The normalized spacial score (nSPS) is 10.1. The third-order valence-corrected chi connectivity index (χ3v) is 2.64. The van der Waals surface area contributed by atoms with Crippen LogP contribution >= 0.6 is 0 Å². The molecule has 1 aromatic carbocycles. The van der Waals surface area contributed by atoms with Gasteiger partial charge in [-0.1, -0.05) is 12.1 Å². The lowest BCUT2D eigenvalue weighted by Crippen LogP contribution is -2.21. The minimum atomic E-state index is -0.133. The minimum Gasteiger partial charge on any atom is -0.497 e. The van der Waals surface area contributed by atoms with Gasteiger partial charge in [-0.15, -0.1) is 0 Å². The number of nitrogens with one attached hydrogen (secondary N) is 1. The van der Waals surface area contributed by atoms with Crippen LogP contribution in [-0.4, -0.2) is 16.7 Å². The van der Waals surface area contributed by atoms with Gasteiger partial charge in [-0.2, -0.15) is 0 Å². The van der Waals surface area contributed by atoms with Gasteiger partial charge < -0.3 is 14.6 Å². The molecule has 0 spiro atoms. The number of hydrogen-bond acceptors (Lipinski definition) is 4. The van der Waals surface area contributed by atoms with Crippen LogP contribution in [0.15, 0.2) is 41.5 Å². The summed E-state index contributed by atoms with van der Waals surface area (Å²) < 4.78 is 6.57. The zero-order valence-corrected chi connectivity index (χ0v) is 10.4. The van der Waals surface area contributed by atoms with Crippen molar-refractivity contribution in [2.45, 2.75) is 6.54 Å². The number of benzene rings is 1. The zero-order valence-electron chi connectivity index (χ0n) is 10.4. The lowest BCUT2D eigenvalue weighted by molar-refractivity contribution is 0.414. The van der Waals surface area contributed by atoms with Gasteiger partial charge in [-0.3, -0.25) is 4.79 Å². The lowest BCUT2D eigenvalue weighted by Gasteiger charge is -2.06. The number of anilines is 1. The van der Waals surface area contributed by atoms with E-state index in [9.17, 15) is 4.79 Å². The van der Waals surface area contributed by atoms with E-state index in [4.69, 9.17) is 4.74 Å². The van der Waals surface area contributed by atoms with Gasteiger partial charge in [0.2, 0.25) is 0 Å². The van der Waals surface area contributed by atoms with Crippen molar-refractivity contribution in [2.75, 3.05) is 12.4 Å². The first kappa shape index (κ1) is 12.2. The second-order valence-electron chi connectivity index (χ2n) is 3.89. The van der Waals surface area contributed by atoms with Crippen molar-refractivity contribution in [3.8, 4) is 5.75 Å². The molecule has 94 valence electrons. The van der Waals surface area contributed by atoms with Crippen LogP contribution in [0.5, 0.6) is 5.75 Å². The van der Waals surface area contributed by atoms with Gasteiger partial charge in [0.1, 0.15) is 5.75 Å². The molecule has 0 amide bonds. The fourth-order valence-corrected chi connectivity index (χ4v) is 1.55. The SMILES string of the molecule is COc1ccc(CNc2nccn(C)c2=O)cc1. The summed E-state index contributed by atoms with van der Waals surface area (Å²) in [5, 5.41) is 3.02. The average molecular weight is 245 g/mol. The molecular weight excluding hydrogens is 230 g/mol. The van der Waals surface area contributed by atoms with Crippen LogP contribution in [0.2, 0.25) is 0 Å². The quantitative estimate of drug-likeness (QED) is 0.884. The highest BCUT2D eigenvalue weighted by molar-refractivity contribution is 5.34. The number of aromatic nitrogens is 2. The topological polar surface area (TPSA) is 56.1 Å². The molecule has 0 atom stereocenters. The van der Waals surface area contributed by atoms with Crippen LogP contribution in [0, 0.1) is 0 Å². The Hall–Kier alpha value is -2.30. The van der Waals surface area contributed by atoms with E-state index in [0.717, 1.165) is 11.3 Å². The van der Waals surface area contributed by atoms with E-state index >= 15 is 0 Å². The molecule has 0 saturated heterocycles. The predicted octanol–water partition coefficient (Wildman–Crippen LogP) is 1.40. The van der Waals surface area contributed by atoms with E-state index in [1.165, 1.54) is 4.57 Å². The smallest absolute Gasteiger partial charge is 0.293 e. The molecule has 0 saturated carbocycles. The third kappa shape index (κ3) is 2.68. The molecule has 18 heavy (non-hydrogen) atoms. The lowest BCUT2D eigenvalue weighted by atomic mass is 10.2. The molecule has 2 aromatic rings. The number of methoxy groups -OCH3 is 1. The first-order chi connectivity index (χ1) is 8.70. The second kappa shape index (κ2) is 5.35. The molecule has 0 unspecified atom stereocenters.